The van der Waals surface area contributed by atoms with Crippen molar-refractivity contribution in [2.24, 2.45) is 5.92 Å². The van der Waals surface area contributed by atoms with Crippen molar-refractivity contribution in [3.63, 3.8) is 0 Å². The molecule has 1 unspecified atom stereocenters. The van der Waals surface area contributed by atoms with Gasteiger partial charge < -0.3 is 5.32 Å². The zero-order valence-corrected chi connectivity index (χ0v) is 11.9. The molecule has 2 nitrogen and oxygen atoms in total. The maximum absolute atomic E-state index is 4.52. The maximum Gasteiger partial charge on any atom is 0.0900 e. The fraction of sp³-hybridized carbons (Fsp3) is 0.769. The highest BCUT2D eigenvalue weighted by Crippen LogP contribution is 2.30. The molecule has 0 aromatic carbocycles. The molecule has 0 radical (unpaired) electrons. The summed E-state index contributed by atoms with van der Waals surface area (Å²) in [5.74, 6) is 0.819. The SMILES string of the molecule is CCC(CC)CC(NC)c1sc(C)nc1C. The Balaban J connectivity index is 2.77. The van der Waals surface area contributed by atoms with Gasteiger partial charge >= 0.3 is 0 Å². The minimum atomic E-state index is 0.482. The van der Waals surface area contributed by atoms with E-state index >= 15 is 0 Å². The number of hydrogen-bond acceptors (Lipinski definition) is 3. The van der Waals surface area contributed by atoms with Crippen LogP contribution in [0.5, 0.6) is 0 Å². The molecule has 0 aliphatic carbocycles. The van der Waals surface area contributed by atoms with E-state index in [0.717, 1.165) is 5.92 Å². The van der Waals surface area contributed by atoms with E-state index in [1.165, 1.54) is 34.8 Å². The summed E-state index contributed by atoms with van der Waals surface area (Å²) >= 11 is 1.84. The number of nitrogens with zero attached hydrogens (tertiary/aromatic N) is 1. The largest absolute Gasteiger partial charge is 0.312 e. The number of aromatic nitrogens is 1. The smallest absolute Gasteiger partial charge is 0.0900 e. The van der Waals surface area contributed by atoms with E-state index in [-0.39, 0.29) is 0 Å². The highest BCUT2D eigenvalue weighted by molar-refractivity contribution is 7.11. The molecule has 1 heterocycles. The first-order valence-electron chi connectivity index (χ1n) is 6.23. The topological polar surface area (TPSA) is 24.9 Å². The van der Waals surface area contributed by atoms with Crippen LogP contribution in [0, 0.1) is 19.8 Å². The second-order valence-electron chi connectivity index (χ2n) is 4.44. The molecule has 0 saturated heterocycles. The Morgan fingerprint density at radius 3 is 2.25 bits per heavy atom. The summed E-state index contributed by atoms with van der Waals surface area (Å²) in [6, 6.07) is 0.482. The quantitative estimate of drug-likeness (QED) is 0.817. The summed E-state index contributed by atoms with van der Waals surface area (Å²) in [5, 5.41) is 4.62. The van der Waals surface area contributed by atoms with Crippen LogP contribution in [0.4, 0.5) is 0 Å². The molecule has 0 aliphatic rings. The first-order chi connectivity index (χ1) is 7.62. The molecule has 1 aromatic heterocycles. The van der Waals surface area contributed by atoms with E-state index in [1.807, 2.05) is 11.3 Å². The fourth-order valence-corrected chi connectivity index (χ4v) is 3.23. The van der Waals surface area contributed by atoms with Crippen LogP contribution in [0.25, 0.3) is 0 Å². The molecule has 1 atom stereocenters. The van der Waals surface area contributed by atoms with Gasteiger partial charge in [-0.25, -0.2) is 4.98 Å². The van der Waals surface area contributed by atoms with Gasteiger partial charge in [-0.05, 0) is 33.2 Å². The van der Waals surface area contributed by atoms with Crippen LogP contribution in [0.1, 0.15) is 54.7 Å². The van der Waals surface area contributed by atoms with Crippen LogP contribution >= 0.6 is 11.3 Å². The number of hydrogen-bond donors (Lipinski definition) is 1. The Bertz CT molecular complexity index is 316. The molecule has 0 saturated carbocycles. The predicted molar refractivity (Wildman–Crippen MR) is 72.1 cm³/mol. The van der Waals surface area contributed by atoms with Crippen molar-refractivity contribution in [1.29, 1.82) is 0 Å². The molecule has 0 fully saturated rings. The van der Waals surface area contributed by atoms with Crippen LogP contribution in [-0.4, -0.2) is 12.0 Å². The van der Waals surface area contributed by atoms with Gasteiger partial charge in [-0.2, -0.15) is 0 Å². The van der Waals surface area contributed by atoms with Crippen molar-refractivity contribution >= 4 is 11.3 Å². The summed E-state index contributed by atoms with van der Waals surface area (Å²) in [6.45, 7) is 8.78. The lowest BCUT2D eigenvalue weighted by molar-refractivity contribution is 0.387. The van der Waals surface area contributed by atoms with Gasteiger partial charge in [0.1, 0.15) is 0 Å². The molecule has 0 aliphatic heterocycles. The molecule has 3 heteroatoms. The molecule has 0 spiro atoms. The van der Waals surface area contributed by atoms with E-state index < -0.39 is 0 Å². The molecule has 1 rings (SSSR count). The van der Waals surface area contributed by atoms with Crippen molar-refractivity contribution in [2.75, 3.05) is 7.05 Å². The Labute approximate surface area is 103 Å². The molecule has 1 aromatic rings. The standard InChI is InChI=1S/C13H24N2S/c1-6-11(7-2)8-12(14-5)13-9(3)15-10(4)16-13/h11-12,14H,6-8H2,1-5H3. The van der Waals surface area contributed by atoms with Crippen molar-refractivity contribution in [3.8, 4) is 0 Å². The normalized spacial score (nSPS) is 13.4. The number of rotatable bonds is 6. The van der Waals surface area contributed by atoms with Crippen LogP contribution in [-0.2, 0) is 0 Å². The summed E-state index contributed by atoms with van der Waals surface area (Å²) in [4.78, 5) is 5.94. The Kier molecular flexibility index (Phi) is 5.42. The minimum Gasteiger partial charge on any atom is -0.312 e. The molecule has 92 valence electrons. The highest BCUT2D eigenvalue weighted by Gasteiger charge is 2.18. The zero-order chi connectivity index (χ0) is 12.1. The van der Waals surface area contributed by atoms with E-state index in [9.17, 15) is 0 Å². The van der Waals surface area contributed by atoms with Crippen LogP contribution in [0.3, 0.4) is 0 Å². The predicted octanol–water partition coefficient (Wildman–Crippen LogP) is 3.85. The van der Waals surface area contributed by atoms with Gasteiger partial charge in [0, 0.05) is 10.9 Å². The number of aryl methyl sites for hydroxylation is 2. The van der Waals surface area contributed by atoms with E-state index in [2.05, 4.69) is 45.0 Å². The van der Waals surface area contributed by atoms with Gasteiger partial charge in [0.15, 0.2) is 0 Å². The molecular weight excluding hydrogens is 216 g/mol. The van der Waals surface area contributed by atoms with Gasteiger partial charge in [0.05, 0.1) is 10.7 Å². The summed E-state index contributed by atoms with van der Waals surface area (Å²) in [7, 11) is 2.06. The van der Waals surface area contributed by atoms with Gasteiger partial charge in [-0.1, -0.05) is 26.7 Å². The number of nitrogens with one attached hydrogen (secondary N) is 1. The molecular formula is C13H24N2S. The molecule has 0 bridgehead atoms. The molecule has 0 amide bonds. The van der Waals surface area contributed by atoms with E-state index in [1.54, 1.807) is 0 Å². The van der Waals surface area contributed by atoms with Gasteiger partial charge in [-0.15, -0.1) is 11.3 Å². The van der Waals surface area contributed by atoms with Crippen LogP contribution < -0.4 is 5.32 Å². The van der Waals surface area contributed by atoms with Crippen LogP contribution in [0.2, 0.25) is 0 Å². The zero-order valence-electron chi connectivity index (χ0n) is 11.1. The lowest BCUT2D eigenvalue weighted by Crippen LogP contribution is -2.19. The summed E-state index contributed by atoms with van der Waals surface area (Å²) < 4.78 is 0. The average molecular weight is 240 g/mol. The summed E-state index contributed by atoms with van der Waals surface area (Å²) in [5.41, 5.74) is 1.20. The third-order valence-corrected chi connectivity index (χ3v) is 4.51. The lowest BCUT2D eigenvalue weighted by atomic mass is 9.94. The molecule has 16 heavy (non-hydrogen) atoms. The Morgan fingerprint density at radius 2 is 1.88 bits per heavy atom. The maximum atomic E-state index is 4.52. The van der Waals surface area contributed by atoms with Crippen molar-refractivity contribution in [2.45, 2.75) is 53.0 Å². The average Bonchev–Trinajstić information content (AvgIpc) is 2.60. The third kappa shape index (κ3) is 3.29. The van der Waals surface area contributed by atoms with E-state index in [4.69, 9.17) is 0 Å². The lowest BCUT2D eigenvalue weighted by Gasteiger charge is -2.20. The van der Waals surface area contributed by atoms with Crippen molar-refractivity contribution in [3.05, 3.63) is 15.6 Å². The summed E-state index contributed by atoms with van der Waals surface area (Å²) in [6.07, 6.45) is 3.77. The first kappa shape index (κ1) is 13.7. The highest BCUT2D eigenvalue weighted by atomic mass is 32.1. The minimum absolute atomic E-state index is 0.482. The first-order valence-corrected chi connectivity index (χ1v) is 7.05. The Hall–Kier alpha value is -0.410. The Morgan fingerprint density at radius 1 is 1.25 bits per heavy atom. The second kappa shape index (κ2) is 6.36. The third-order valence-electron chi connectivity index (χ3n) is 3.33. The van der Waals surface area contributed by atoms with Crippen LogP contribution in [0.15, 0.2) is 0 Å². The van der Waals surface area contributed by atoms with Gasteiger partial charge in [0.25, 0.3) is 0 Å². The fourth-order valence-electron chi connectivity index (χ4n) is 2.18. The number of thiazole rings is 1. The van der Waals surface area contributed by atoms with E-state index in [0.29, 0.717) is 6.04 Å². The van der Waals surface area contributed by atoms with Crippen molar-refractivity contribution in [1.82, 2.24) is 10.3 Å². The second-order valence-corrected chi connectivity index (χ2v) is 5.68. The van der Waals surface area contributed by atoms with Crippen molar-refractivity contribution < 1.29 is 0 Å². The molecule has 1 N–H and O–H groups in total. The van der Waals surface area contributed by atoms with Gasteiger partial charge in [0.2, 0.25) is 0 Å². The van der Waals surface area contributed by atoms with Gasteiger partial charge in [-0.3, -0.25) is 0 Å². The monoisotopic (exact) mass is 240 g/mol.